The molecule has 0 aliphatic rings. The van der Waals surface area contributed by atoms with Crippen molar-refractivity contribution in [3.8, 4) is 0 Å². The van der Waals surface area contributed by atoms with Crippen LogP contribution in [0.5, 0.6) is 0 Å². The lowest BCUT2D eigenvalue weighted by molar-refractivity contribution is -0.149. The van der Waals surface area contributed by atoms with Crippen LogP contribution in [0.1, 0.15) is 122 Å². The van der Waals surface area contributed by atoms with Gasteiger partial charge < -0.3 is 9.84 Å². The summed E-state index contributed by atoms with van der Waals surface area (Å²) in [4.78, 5) is 22.8. The molecule has 180 valence electrons. The monoisotopic (exact) mass is 436 g/mol. The van der Waals surface area contributed by atoms with Crippen molar-refractivity contribution in [1.82, 2.24) is 0 Å². The number of hydrogen-bond acceptors (Lipinski definition) is 3. The van der Waals surface area contributed by atoms with Crippen LogP contribution in [0.4, 0.5) is 0 Å². The largest absolute Gasteiger partial charge is 0.481 e. The number of carbonyl (C=O) groups is 2. The van der Waals surface area contributed by atoms with Gasteiger partial charge in [-0.3, -0.25) is 9.59 Å². The second-order valence-corrected chi connectivity index (χ2v) is 8.64. The quantitative estimate of drug-likeness (QED) is 0.100. The standard InChI is InChI=1S/C27H48O4/c1-3-5-6-7-8-9-10-11-12-13-14-15-16-17-18-19-20-21-22-25(27(29)30)24-26(28)31-23-4-2/h4,21-22,25H,2-3,5-20,23-24H2,1H3,(H,29,30)/b22-21+. The van der Waals surface area contributed by atoms with Crippen molar-refractivity contribution in [2.75, 3.05) is 6.61 Å². The van der Waals surface area contributed by atoms with Crippen LogP contribution in [-0.2, 0) is 14.3 Å². The van der Waals surface area contributed by atoms with Crippen molar-refractivity contribution in [3.05, 3.63) is 24.8 Å². The number of carboxylic acids is 1. The normalized spacial score (nSPS) is 12.2. The van der Waals surface area contributed by atoms with Crippen LogP contribution in [0.3, 0.4) is 0 Å². The van der Waals surface area contributed by atoms with Crippen LogP contribution in [-0.4, -0.2) is 23.7 Å². The van der Waals surface area contributed by atoms with Gasteiger partial charge in [-0.2, -0.15) is 0 Å². The lowest BCUT2D eigenvalue weighted by Gasteiger charge is -2.07. The highest BCUT2D eigenvalue weighted by Crippen LogP contribution is 2.14. The smallest absolute Gasteiger partial charge is 0.310 e. The van der Waals surface area contributed by atoms with Gasteiger partial charge in [0.1, 0.15) is 6.61 Å². The number of hydrogen-bond donors (Lipinski definition) is 1. The van der Waals surface area contributed by atoms with E-state index >= 15 is 0 Å². The second kappa shape index (κ2) is 23.1. The molecule has 0 aromatic carbocycles. The fourth-order valence-electron chi connectivity index (χ4n) is 3.70. The SMILES string of the molecule is C=CCOC(=O)CC(/C=C/CCCCCCCCCCCCCCCCCC)C(=O)O. The number of unbranched alkanes of at least 4 members (excludes halogenated alkanes) is 16. The first-order chi connectivity index (χ1) is 15.1. The zero-order valence-electron chi connectivity index (χ0n) is 20.1. The van der Waals surface area contributed by atoms with Crippen LogP contribution in [0.25, 0.3) is 0 Å². The maximum absolute atomic E-state index is 11.5. The van der Waals surface area contributed by atoms with Gasteiger partial charge in [-0.15, -0.1) is 0 Å². The number of allylic oxidation sites excluding steroid dienone is 1. The molecule has 0 bridgehead atoms. The molecule has 4 heteroatoms. The van der Waals surface area contributed by atoms with E-state index in [0.29, 0.717) is 0 Å². The van der Waals surface area contributed by atoms with Gasteiger partial charge in [0.25, 0.3) is 0 Å². The average molecular weight is 437 g/mol. The summed E-state index contributed by atoms with van der Waals surface area (Å²) in [6.45, 7) is 5.86. The predicted octanol–water partition coefficient (Wildman–Crippen LogP) is 8.01. The third-order valence-electron chi connectivity index (χ3n) is 5.66. The summed E-state index contributed by atoms with van der Waals surface area (Å²) in [6.07, 6.45) is 27.2. The molecule has 0 radical (unpaired) electrons. The van der Waals surface area contributed by atoms with Gasteiger partial charge in [-0.25, -0.2) is 0 Å². The molecule has 0 saturated carbocycles. The molecule has 0 rings (SSSR count). The van der Waals surface area contributed by atoms with E-state index in [1.807, 2.05) is 6.08 Å². The molecule has 0 heterocycles. The summed E-state index contributed by atoms with van der Waals surface area (Å²) >= 11 is 0. The Hall–Kier alpha value is -1.58. The van der Waals surface area contributed by atoms with Crippen molar-refractivity contribution < 1.29 is 19.4 Å². The van der Waals surface area contributed by atoms with Crippen LogP contribution >= 0.6 is 0 Å². The third kappa shape index (κ3) is 21.4. The first kappa shape index (κ1) is 29.4. The van der Waals surface area contributed by atoms with Crippen molar-refractivity contribution >= 4 is 11.9 Å². The van der Waals surface area contributed by atoms with Gasteiger partial charge in [-0.05, 0) is 12.8 Å². The van der Waals surface area contributed by atoms with E-state index in [1.54, 1.807) is 6.08 Å². The molecule has 1 unspecified atom stereocenters. The molecule has 4 nitrogen and oxygen atoms in total. The Morgan fingerprint density at radius 2 is 1.26 bits per heavy atom. The number of carboxylic acid groups (broad SMARTS) is 1. The Labute approximate surface area is 191 Å². The Morgan fingerprint density at radius 3 is 1.68 bits per heavy atom. The fourth-order valence-corrected chi connectivity index (χ4v) is 3.70. The van der Waals surface area contributed by atoms with Crippen LogP contribution < -0.4 is 0 Å². The van der Waals surface area contributed by atoms with Crippen LogP contribution in [0.15, 0.2) is 24.8 Å². The molecular formula is C27H48O4. The maximum atomic E-state index is 11.5. The first-order valence-corrected chi connectivity index (χ1v) is 12.8. The molecule has 1 atom stereocenters. The number of aliphatic carboxylic acids is 1. The summed E-state index contributed by atoms with van der Waals surface area (Å²) in [7, 11) is 0. The minimum atomic E-state index is -0.987. The predicted molar refractivity (Wildman–Crippen MR) is 130 cm³/mol. The van der Waals surface area contributed by atoms with Gasteiger partial charge in [0, 0.05) is 0 Å². The first-order valence-electron chi connectivity index (χ1n) is 12.8. The Morgan fingerprint density at radius 1 is 0.806 bits per heavy atom. The summed E-state index contributed by atoms with van der Waals surface area (Å²) in [5.41, 5.74) is 0. The summed E-state index contributed by atoms with van der Waals surface area (Å²) in [6, 6.07) is 0. The highest BCUT2D eigenvalue weighted by Gasteiger charge is 2.18. The van der Waals surface area contributed by atoms with Crippen molar-refractivity contribution in [3.63, 3.8) is 0 Å². The lowest BCUT2D eigenvalue weighted by atomic mass is 10.0. The number of carbonyl (C=O) groups excluding carboxylic acids is 1. The average Bonchev–Trinajstić information content (AvgIpc) is 2.75. The Bertz CT molecular complexity index is 470. The summed E-state index contributed by atoms with van der Waals surface area (Å²) in [5, 5.41) is 9.21. The minimum Gasteiger partial charge on any atom is -0.481 e. The van der Waals surface area contributed by atoms with Crippen molar-refractivity contribution in [2.24, 2.45) is 5.92 Å². The van der Waals surface area contributed by atoms with E-state index in [4.69, 9.17) is 4.74 Å². The van der Waals surface area contributed by atoms with E-state index in [2.05, 4.69) is 13.5 Å². The maximum Gasteiger partial charge on any atom is 0.310 e. The molecular weight excluding hydrogens is 388 g/mol. The summed E-state index contributed by atoms with van der Waals surface area (Å²) < 4.78 is 4.86. The van der Waals surface area contributed by atoms with E-state index in [0.717, 1.165) is 12.8 Å². The van der Waals surface area contributed by atoms with Crippen LogP contribution in [0.2, 0.25) is 0 Å². The topological polar surface area (TPSA) is 63.6 Å². The Balaban J connectivity index is 3.48. The zero-order chi connectivity index (χ0) is 23.0. The number of rotatable bonds is 23. The van der Waals surface area contributed by atoms with E-state index in [-0.39, 0.29) is 13.0 Å². The van der Waals surface area contributed by atoms with Gasteiger partial charge in [0.2, 0.25) is 0 Å². The molecule has 1 N–H and O–H groups in total. The third-order valence-corrected chi connectivity index (χ3v) is 5.66. The van der Waals surface area contributed by atoms with Crippen LogP contribution in [0, 0.1) is 5.92 Å². The molecule has 0 fully saturated rings. The van der Waals surface area contributed by atoms with Crippen molar-refractivity contribution in [1.29, 1.82) is 0 Å². The van der Waals surface area contributed by atoms with Gasteiger partial charge in [0.15, 0.2) is 0 Å². The molecule has 0 spiro atoms. The molecule has 0 saturated heterocycles. The van der Waals surface area contributed by atoms with Crippen molar-refractivity contribution in [2.45, 2.75) is 122 Å². The molecule has 0 aliphatic carbocycles. The fraction of sp³-hybridized carbons (Fsp3) is 0.778. The molecule has 0 aromatic heterocycles. The molecule has 0 amide bonds. The second-order valence-electron chi connectivity index (χ2n) is 8.64. The van der Waals surface area contributed by atoms with E-state index in [1.165, 1.54) is 102 Å². The minimum absolute atomic E-state index is 0.119. The lowest BCUT2D eigenvalue weighted by Crippen LogP contribution is -2.17. The van der Waals surface area contributed by atoms with E-state index in [9.17, 15) is 14.7 Å². The highest BCUT2D eigenvalue weighted by atomic mass is 16.5. The molecule has 31 heavy (non-hydrogen) atoms. The molecule has 0 aromatic rings. The summed E-state index contributed by atoms with van der Waals surface area (Å²) in [5.74, 6) is -2.29. The molecule has 0 aliphatic heterocycles. The van der Waals surface area contributed by atoms with Gasteiger partial charge in [0.05, 0.1) is 12.3 Å². The number of esters is 1. The highest BCUT2D eigenvalue weighted by molar-refractivity contribution is 5.80. The Kier molecular flexibility index (Phi) is 21.9. The van der Waals surface area contributed by atoms with Gasteiger partial charge in [-0.1, -0.05) is 128 Å². The zero-order valence-corrected chi connectivity index (χ0v) is 20.1. The number of ether oxygens (including phenoxy) is 1. The van der Waals surface area contributed by atoms with E-state index < -0.39 is 17.9 Å². The van der Waals surface area contributed by atoms with Gasteiger partial charge >= 0.3 is 11.9 Å².